The van der Waals surface area contributed by atoms with Crippen LogP contribution >= 0.6 is 0 Å². The van der Waals surface area contributed by atoms with Crippen molar-refractivity contribution in [3.63, 3.8) is 0 Å². The van der Waals surface area contributed by atoms with Gasteiger partial charge in [-0.2, -0.15) is 10.2 Å². The Morgan fingerprint density at radius 3 is 2.75 bits per heavy atom. The maximum atomic E-state index is 13.6. The van der Waals surface area contributed by atoms with Crippen LogP contribution in [-0.2, 0) is 6.54 Å². The molecular formula is C25H25FN6O4. The SMILES string of the molecule is COc1ccc(F)cc1C(=O)NCc1ccc(-c2nn(C3CCC(O)C3)c3c(=O)[nH]nc(N)c23)cc1. The fourth-order valence-corrected chi connectivity index (χ4v) is 4.65. The summed E-state index contributed by atoms with van der Waals surface area (Å²) in [5.74, 6) is -0.555. The van der Waals surface area contributed by atoms with Gasteiger partial charge in [-0.15, -0.1) is 0 Å². The van der Waals surface area contributed by atoms with E-state index in [4.69, 9.17) is 15.6 Å². The molecule has 1 aliphatic rings. The molecule has 2 aromatic heterocycles. The van der Waals surface area contributed by atoms with Gasteiger partial charge in [-0.05, 0) is 43.0 Å². The van der Waals surface area contributed by atoms with Crippen molar-refractivity contribution in [2.24, 2.45) is 0 Å². The van der Waals surface area contributed by atoms with Gasteiger partial charge in [0.1, 0.15) is 22.8 Å². The number of hydrogen-bond donors (Lipinski definition) is 4. The number of nitrogens with one attached hydrogen (secondary N) is 2. The Balaban J connectivity index is 1.41. The zero-order chi connectivity index (χ0) is 25.4. The van der Waals surface area contributed by atoms with Crippen LogP contribution in [0.1, 0.15) is 41.2 Å². The predicted molar refractivity (Wildman–Crippen MR) is 131 cm³/mol. The molecule has 0 saturated heterocycles. The lowest BCUT2D eigenvalue weighted by Gasteiger charge is -2.11. The van der Waals surface area contributed by atoms with Gasteiger partial charge in [-0.1, -0.05) is 24.3 Å². The molecule has 2 unspecified atom stereocenters. The first kappa shape index (κ1) is 23.5. The maximum Gasteiger partial charge on any atom is 0.290 e. The molecule has 1 fully saturated rings. The smallest absolute Gasteiger partial charge is 0.290 e. The summed E-state index contributed by atoms with van der Waals surface area (Å²) in [5.41, 5.74) is 8.21. The normalized spacial score (nSPS) is 17.4. The topological polar surface area (TPSA) is 148 Å². The van der Waals surface area contributed by atoms with Gasteiger partial charge in [-0.3, -0.25) is 14.3 Å². The average Bonchev–Trinajstić information content (AvgIpc) is 3.50. The highest BCUT2D eigenvalue weighted by atomic mass is 19.1. The van der Waals surface area contributed by atoms with Gasteiger partial charge in [-0.25, -0.2) is 9.49 Å². The van der Waals surface area contributed by atoms with Crippen LogP contribution in [0.15, 0.2) is 47.3 Å². The average molecular weight is 493 g/mol. The summed E-state index contributed by atoms with van der Waals surface area (Å²) in [6.07, 6.45) is 1.42. The number of anilines is 1. The lowest BCUT2D eigenvalue weighted by molar-refractivity contribution is 0.0947. The number of nitrogens with two attached hydrogens (primary N) is 1. The second kappa shape index (κ2) is 9.42. The number of aromatic nitrogens is 4. The quantitative estimate of drug-likeness (QED) is 0.323. The number of halogens is 1. The first-order valence-corrected chi connectivity index (χ1v) is 11.5. The molecule has 1 saturated carbocycles. The molecule has 2 heterocycles. The number of nitrogens with zero attached hydrogens (tertiary/aromatic N) is 3. The number of rotatable bonds is 6. The number of aliphatic hydroxyl groups is 1. The van der Waals surface area contributed by atoms with E-state index in [1.54, 1.807) is 4.68 Å². The Kier molecular flexibility index (Phi) is 6.15. The van der Waals surface area contributed by atoms with E-state index < -0.39 is 23.4 Å². The summed E-state index contributed by atoms with van der Waals surface area (Å²) >= 11 is 0. The molecule has 1 amide bonds. The van der Waals surface area contributed by atoms with Gasteiger partial charge in [0, 0.05) is 12.1 Å². The summed E-state index contributed by atoms with van der Waals surface area (Å²) in [4.78, 5) is 25.2. The zero-order valence-corrected chi connectivity index (χ0v) is 19.5. The van der Waals surface area contributed by atoms with Crippen molar-refractivity contribution >= 4 is 22.6 Å². The van der Waals surface area contributed by atoms with Crippen molar-refractivity contribution in [1.82, 2.24) is 25.3 Å². The summed E-state index contributed by atoms with van der Waals surface area (Å²) in [6.45, 7) is 0.206. The molecular weight excluding hydrogens is 467 g/mol. The van der Waals surface area contributed by atoms with Crippen LogP contribution in [0, 0.1) is 5.82 Å². The third-order valence-electron chi connectivity index (χ3n) is 6.47. The molecule has 4 aromatic rings. The van der Waals surface area contributed by atoms with E-state index in [1.165, 1.54) is 19.2 Å². The number of aliphatic hydroxyl groups excluding tert-OH is 1. The minimum atomic E-state index is -0.531. The predicted octanol–water partition coefficient (Wildman–Crippen LogP) is 2.53. The third-order valence-corrected chi connectivity index (χ3v) is 6.47. The molecule has 36 heavy (non-hydrogen) atoms. The van der Waals surface area contributed by atoms with Gasteiger partial charge in [0.25, 0.3) is 11.5 Å². The van der Waals surface area contributed by atoms with E-state index in [9.17, 15) is 19.1 Å². The number of carbonyl (C=O) groups excluding carboxylic acids is 1. The first-order valence-electron chi connectivity index (χ1n) is 11.5. The van der Waals surface area contributed by atoms with Crippen LogP contribution in [0.5, 0.6) is 5.75 Å². The molecule has 10 nitrogen and oxygen atoms in total. The van der Waals surface area contributed by atoms with Crippen molar-refractivity contribution in [2.75, 3.05) is 12.8 Å². The number of benzene rings is 2. The number of H-pyrrole nitrogens is 1. The van der Waals surface area contributed by atoms with Gasteiger partial charge in [0.15, 0.2) is 5.82 Å². The molecule has 0 aliphatic heterocycles. The molecule has 1 aliphatic carbocycles. The van der Waals surface area contributed by atoms with Crippen molar-refractivity contribution in [1.29, 1.82) is 0 Å². The maximum absolute atomic E-state index is 13.6. The second-order valence-electron chi connectivity index (χ2n) is 8.80. The van der Waals surface area contributed by atoms with E-state index in [-0.39, 0.29) is 29.7 Å². The Hall–Kier alpha value is -4.25. The summed E-state index contributed by atoms with van der Waals surface area (Å²) in [7, 11) is 1.42. The van der Waals surface area contributed by atoms with Gasteiger partial charge in [0.05, 0.1) is 30.2 Å². The van der Waals surface area contributed by atoms with Gasteiger partial charge in [0.2, 0.25) is 0 Å². The molecule has 0 bridgehead atoms. The highest BCUT2D eigenvalue weighted by Gasteiger charge is 2.29. The number of methoxy groups -OCH3 is 1. The monoisotopic (exact) mass is 492 g/mol. The van der Waals surface area contributed by atoms with E-state index >= 15 is 0 Å². The number of hydrogen-bond acceptors (Lipinski definition) is 7. The highest BCUT2D eigenvalue weighted by Crippen LogP contribution is 2.36. The lowest BCUT2D eigenvalue weighted by Crippen LogP contribution is -2.23. The first-order chi connectivity index (χ1) is 17.4. The van der Waals surface area contributed by atoms with Crippen LogP contribution in [0.25, 0.3) is 22.2 Å². The van der Waals surface area contributed by atoms with E-state index in [0.717, 1.165) is 17.2 Å². The Labute approximate surface area is 204 Å². The van der Waals surface area contributed by atoms with E-state index in [0.29, 0.717) is 35.9 Å². The summed E-state index contributed by atoms with van der Waals surface area (Å²) < 4.78 is 20.4. The third kappa shape index (κ3) is 4.29. The molecule has 11 heteroatoms. The number of fused-ring (bicyclic) bond motifs is 1. The molecule has 2 aromatic carbocycles. The highest BCUT2D eigenvalue weighted by molar-refractivity contribution is 5.99. The number of carbonyl (C=O) groups is 1. The zero-order valence-electron chi connectivity index (χ0n) is 19.5. The molecule has 2 atom stereocenters. The van der Waals surface area contributed by atoms with E-state index in [1.807, 2.05) is 24.3 Å². The number of ether oxygens (including phenoxy) is 1. The van der Waals surface area contributed by atoms with Crippen LogP contribution in [0.2, 0.25) is 0 Å². The van der Waals surface area contributed by atoms with Crippen molar-refractivity contribution in [3.8, 4) is 17.0 Å². The Morgan fingerprint density at radius 2 is 2.06 bits per heavy atom. The largest absolute Gasteiger partial charge is 0.496 e. The fraction of sp³-hybridized carbons (Fsp3) is 0.280. The summed E-state index contributed by atoms with van der Waals surface area (Å²) in [6, 6.07) is 10.9. The number of amides is 1. The van der Waals surface area contributed by atoms with Crippen molar-refractivity contribution < 1.29 is 19.0 Å². The fourth-order valence-electron chi connectivity index (χ4n) is 4.65. The molecule has 5 rings (SSSR count). The van der Waals surface area contributed by atoms with Crippen LogP contribution in [0.4, 0.5) is 10.2 Å². The van der Waals surface area contributed by atoms with Gasteiger partial charge >= 0.3 is 0 Å². The molecule has 0 spiro atoms. The van der Waals surface area contributed by atoms with E-state index in [2.05, 4.69) is 15.5 Å². The van der Waals surface area contributed by atoms with Crippen LogP contribution < -0.4 is 21.3 Å². The Bertz CT molecular complexity index is 1500. The number of nitrogen functional groups attached to an aromatic ring is 1. The van der Waals surface area contributed by atoms with Gasteiger partial charge < -0.3 is 20.9 Å². The van der Waals surface area contributed by atoms with Crippen LogP contribution in [-0.4, -0.2) is 44.2 Å². The van der Waals surface area contributed by atoms with Crippen molar-refractivity contribution in [2.45, 2.75) is 38.0 Å². The molecule has 0 radical (unpaired) electrons. The molecule has 186 valence electrons. The minimum Gasteiger partial charge on any atom is -0.496 e. The number of aromatic amines is 1. The van der Waals surface area contributed by atoms with Crippen LogP contribution in [0.3, 0.4) is 0 Å². The Morgan fingerprint density at radius 1 is 1.28 bits per heavy atom. The standard InChI is InChI=1S/C25H25FN6O4/c1-36-19-9-6-15(26)10-18(19)24(34)28-12-13-2-4-14(5-3-13)21-20-22(25(35)30-29-23(20)27)32(31-21)16-7-8-17(33)11-16/h2-6,9-10,16-17,33H,7-8,11-12H2,1H3,(H2,27,29)(H,28,34)(H,30,35). The second-order valence-corrected chi connectivity index (χ2v) is 8.80. The van der Waals surface area contributed by atoms with Crippen molar-refractivity contribution in [3.05, 3.63) is 69.8 Å². The lowest BCUT2D eigenvalue weighted by atomic mass is 10.1. The summed E-state index contributed by atoms with van der Waals surface area (Å²) in [5, 5.41) is 24.3. The molecule has 5 N–H and O–H groups in total. The minimum absolute atomic E-state index is 0.108.